The summed E-state index contributed by atoms with van der Waals surface area (Å²) < 4.78 is 299. The van der Waals surface area contributed by atoms with Crippen LogP contribution >= 0.6 is 34.8 Å². The molecule has 0 radical (unpaired) electrons. The highest BCUT2D eigenvalue weighted by Crippen LogP contribution is 2.31. The zero-order chi connectivity index (χ0) is 47.4. The third-order valence-corrected chi connectivity index (χ3v) is 9.10. The standard InChI is InChI=1S/C24BF20.C12H10Cl3N2O/c26-5-1(6(27)14(35)21(42)13(5)34)25(2-7(28)15(36)22(43)16(37)8(2)29,3-9(30)17(38)23(44)18(39)10(3)31)4-11(32)19(40)24(45)20(41)12(4)33;13-12(14,15)18-11-9-17(7-6-16-11)8-10-4-2-1-3-5-10/h;1-7,9H,8H2/q-1;+1. The van der Waals surface area contributed by atoms with E-state index in [4.69, 9.17) is 39.5 Å². The van der Waals surface area contributed by atoms with E-state index in [9.17, 15) is 52.7 Å². The minimum Gasteiger partial charge on any atom is -0.423 e. The van der Waals surface area contributed by atoms with Crippen LogP contribution in [-0.4, -0.2) is 15.1 Å². The van der Waals surface area contributed by atoms with E-state index in [1.807, 2.05) is 41.1 Å². The van der Waals surface area contributed by atoms with Crippen LogP contribution in [0.4, 0.5) is 87.8 Å². The van der Waals surface area contributed by atoms with Crippen LogP contribution in [0.25, 0.3) is 0 Å². The highest BCUT2D eigenvalue weighted by molar-refractivity contribution is 7.20. The second-order valence-corrected chi connectivity index (χ2v) is 14.6. The largest absolute Gasteiger partial charge is 0.423 e. The van der Waals surface area contributed by atoms with Crippen LogP contribution < -0.4 is 31.2 Å². The fourth-order valence-corrected chi connectivity index (χ4v) is 6.59. The van der Waals surface area contributed by atoms with Gasteiger partial charge in [-0.1, -0.05) is 30.3 Å². The van der Waals surface area contributed by atoms with Gasteiger partial charge in [-0.05, 0) is 34.8 Å². The first-order chi connectivity index (χ1) is 29.2. The summed E-state index contributed by atoms with van der Waals surface area (Å²) in [6.45, 7) is 0.694. The van der Waals surface area contributed by atoms with E-state index in [1.165, 1.54) is 0 Å². The Balaban J connectivity index is 0.000000345. The maximum Gasteiger partial charge on any atom is 0.340 e. The van der Waals surface area contributed by atoms with Gasteiger partial charge in [0.1, 0.15) is 52.7 Å². The van der Waals surface area contributed by atoms with Crippen LogP contribution in [-0.2, 0) is 6.54 Å². The lowest BCUT2D eigenvalue weighted by molar-refractivity contribution is -0.689. The minimum absolute atomic E-state index is 0.258. The Bertz CT molecular complexity index is 2420. The summed E-state index contributed by atoms with van der Waals surface area (Å²) in [6, 6.07) is 10.00. The van der Waals surface area contributed by atoms with Crippen molar-refractivity contribution in [1.29, 1.82) is 0 Å². The van der Waals surface area contributed by atoms with Crippen molar-refractivity contribution >= 4 is 62.8 Å². The number of alkyl halides is 3. The van der Waals surface area contributed by atoms with Gasteiger partial charge in [-0.2, -0.15) is 4.57 Å². The van der Waals surface area contributed by atoms with Crippen molar-refractivity contribution in [1.82, 2.24) is 4.98 Å². The molecule has 27 heteroatoms. The number of halogens is 23. The average Bonchev–Trinajstić information content (AvgIpc) is 3.23. The lowest BCUT2D eigenvalue weighted by Gasteiger charge is -2.44. The summed E-state index contributed by atoms with van der Waals surface area (Å²) in [7, 11) is 0. The molecule has 0 spiro atoms. The van der Waals surface area contributed by atoms with Crippen molar-refractivity contribution in [2.75, 3.05) is 0 Å². The average molecular weight is 984 g/mol. The third-order valence-electron chi connectivity index (χ3n) is 8.87. The predicted molar refractivity (Wildman–Crippen MR) is 180 cm³/mol. The van der Waals surface area contributed by atoms with Crippen molar-refractivity contribution in [2.45, 2.75) is 10.5 Å². The molecule has 0 bridgehead atoms. The van der Waals surface area contributed by atoms with Crippen LogP contribution in [0.2, 0.25) is 0 Å². The molecule has 0 fully saturated rings. The fourth-order valence-electron chi connectivity index (χ4n) is 6.35. The van der Waals surface area contributed by atoms with Crippen molar-refractivity contribution < 1.29 is 97.1 Å². The van der Waals surface area contributed by atoms with Crippen molar-refractivity contribution in [3.05, 3.63) is 171 Å². The Hall–Kier alpha value is -5.49. The number of ether oxygens (including phenoxy) is 1. The summed E-state index contributed by atoms with van der Waals surface area (Å²) in [5.74, 6) is -71.1. The molecular weight excluding hydrogens is 974 g/mol. The van der Waals surface area contributed by atoms with Crippen molar-refractivity contribution in [3.63, 3.8) is 0 Å². The topological polar surface area (TPSA) is 26.0 Å². The highest BCUT2D eigenvalue weighted by atomic mass is 35.6. The molecule has 0 aliphatic heterocycles. The Labute approximate surface area is 351 Å². The normalized spacial score (nSPS) is 11.8. The van der Waals surface area contributed by atoms with Gasteiger partial charge < -0.3 is 4.74 Å². The molecule has 0 aliphatic rings. The van der Waals surface area contributed by atoms with E-state index in [1.54, 1.807) is 12.4 Å². The van der Waals surface area contributed by atoms with Gasteiger partial charge in [-0.25, -0.2) is 92.8 Å². The van der Waals surface area contributed by atoms with Gasteiger partial charge in [0.15, 0.2) is 82.5 Å². The van der Waals surface area contributed by atoms with E-state index < -0.39 is 148 Å². The fraction of sp³-hybridized carbons (Fsp3) is 0.0556. The molecule has 334 valence electrons. The molecule has 5 aromatic carbocycles. The first-order valence-electron chi connectivity index (χ1n) is 16.1. The van der Waals surface area contributed by atoms with Gasteiger partial charge in [0.05, 0.1) is 6.20 Å². The van der Waals surface area contributed by atoms with Gasteiger partial charge >= 0.3 is 3.98 Å². The van der Waals surface area contributed by atoms with E-state index in [0.29, 0.717) is 6.54 Å². The second kappa shape index (κ2) is 17.9. The Kier molecular flexibility index (Phi) is 13.8. The number of aromatic nitrogens is 2. The van der Waals surface area contributed by atoms with Gasteiger partial charge in [0.2, 0.25) is 6.20 Å². The molecule has 1 aromatic heterocycles. The van der Waals surface area contributed by atoms with Gasteiger partial charge in [0, 0.05) is 5.56 Å². The van der Waals surface area contributed by atoms with Crippen LogP contribution in [0.15, 0.2) is 48.9 Å². The third kappa shape index (κ3) is 8.39. The van der Waals surface area contributed by atoms with Crippen LogP contribution in [0.3, 0.4) is 0 Å². The van der Waals surface area contributed by atoms with Gasteiger partial charge in [0.25, 0.3) is 5.88 Å². The molecular formula is C36H10BCl3F20N2O. The number of benzene rings is 5. The lowest BCUT2D eigenvalue weighted by atomic mass is 9.12. The number of hydrogen-bond donors (Lipinski definition) is 0. The Morgan fingerprint density at radius 1 is 0.429 bits per heavy atom. The first-order valence-corrected chi connectivity index (χ1v) is 17.2. The highest BCUT2D eigenvalue weighted by Gasteiger charge is 2.52. The smallest absolute Gasteiger partial charge is 0.340 e. The van der Waals surface area contributed by atoms with Gasteiger partial charge in [-0.3, -0.25) is 0 Å². The molecule has 1 heterocycles. The summed E-state index contributed by atoms with van der Waals surface area (Å²) in [4.78, 5) is 3.97. The molecule has 63 heavy (non-hydrogen) atoms. The molecule has 0 saturated carbocycles. The number of nitrogens with zero attached hydrogens (tertiary/aromatic N) is 2. The summed E-state index contributed by atoms with van der Waals surface area (Å²) in [5.41, 5.74) is -13.2. The minimum atomic E-state index is -7.22. The maximum absolute atomic E-state index is 15.4. The van der Waals surface area contributed by atoms with Crippen molar-refractivity contribution in [3.8, 4) is 5.88 Å². The van der Waals surface area contributed by atoms with Gasteiger partial charge in [-0.15, -0.1) is 21.9 Å². The quantitative estimate of drug-likeness (QED) is 0.0399. The first kappa shape index (κ1) is 48.5. The molecule has 0 saturated heterocycles. The molecule has 0 N–H and O–H groups in total. The van der Waals surface area contributed by atoms with Crippen LogP contribution in [0, 0.1) is 116 Å². The lowest BCUT2D eigenvalue weighted by Crippen LogP contribution is -2.81. The summed E-state index contributed by atoms with van der Waals surface area (Å²) in [5, 5.41) is 0. The molecule has 6 rings (SSSR count). The Morgan fingerprint density at radius 3 is 0.968 bits per heavy atom. The molecule has 3 nitrogen and oxygen atoms in total. The molecule has 0 aliphatic carbocycles. The zero-order valence-corrected chi connectivity index (χ0v) is 31.7. The van der Waals surface area contributed by atoms with E-state index in [2.05, 4.69) is 4.98 Å². The maximum atomic E-state index is 15.4. The van der Waals surface area contributed by atoms with E-state index in [-0.39, 0.29) is 5.88 Å². The molecule has 6 aromatic rings. The van der Waals surface area contributed by atoms with Crippen LogP contribution in [0.1, 0.15) is 5.56 Å². The molecule has 0 atom stereocenters. The number of hydrogen-bond acceptors (Lipinski definition) is 2. The SMILES string of the molecule is ClC(Cl)(Cl)Oc1c[n+](Cc2ccccc2)ccn1.Fc1c(F)c(F)c([B-](c2c(F)c(F)c(F)c(F)c2F)(c2c(F)c(F)c(F)c(F)c2F)c2c(F)c(F)c(F)c(F)c2F)c(F)c1F. The molecule has 0 amide bonds. The Morgan fingerprint density at radius 2 is 0.698 bits per heavy atom. The number of rotatable bonds is 7. The zero-order valence-electron chi connectivity index (χ0n) is 29.4. The monoisotopic (exact) mass is 982 g/mol. The summed E-state index contributed by atoms with van der Waals surface area (Å²) in [6.07, 6.45) is -2.13. The second-order valence-electron chi connectivity index (χ2n) is 12.4. The van der Waals surface area contributed by atoms with E-state index in [0.717, 1.165) is 5.56 Å². The van der Waals surface area contributed by atoms with E-state index >= 15 is 35.1 Å². The summed E-state index contributed by atoms with van der Waals surface area (Å²) >= 11 is 16.6. The van der Waals surface area contributed by atoms with Crippen LogP contribution in [0.5, 0.6) is 5.88 Å². The molecule has 0 unspecified atom stereocenters. The van der Waals surface area contributed by atoms with Crippen molar-refractivity contribution in [2.24, 2.45) is 0 Å². The predicted octanol–water partition coefficient (Wildman–Crippen LogP) is 8.97.